The van der Waals surface area contributed by atoms with Crippen molar-refractivity contribution in [2.75, 3.05) is 0 Å². The summed E-state index contributed by atoms with van der Waals surface area (Å²) < 4.78 is 110. The number of nitrogens with zero attached hydrogens (tertiary/aromatic N) is 3. The van der Waals surface area contributed by atoms with Gasteiger partial charge in [0.2, 0.25) is 10.0 Å². The minimum absolute atomic E-state index is 0.00463. The van der Waals surface area contributed by atoms with Gasteiger partial charge >= 0.3 is 12.8 Å². The van der Waals surface area contributed by atoms with E-state index in [-0.39, 0.29) is 27.9 Å². The highest BCUT2D eigenvalue weighted by Gasteiger charge is 2.39. The van der Waals surface area contributed by atoms with Crippen LogP contribution in [0.2, 0.25) is 0 Å². The molecule has 0 bridgehead atoms. The molecular weight excluding hydrogens is 502 g/mol. The van der Waals surface area contributed by atoms with Crippen LogP contribution in [-0.2, 0) is 10.0 Å². The van der Waals surface area contributed by atoms with E-state index in [1.807, 2.05) is 6.07 Å². The molecule has 2 heterocycles. The van der Waals surface area contributed by atoms with Gasteiger partial charge in [0.25, 0.3) is 0 Å². The van der Waals surface area contributed by atoms with Crippen LogP contribution in [0.4, 0.5) is 26.3 Å². The molecule has 3 aromatic rings. The van der Waals surface area contributed by atoms with Gasteiger partial charge in [0.1, 0.15) is 28.6 Å². The van der Waals surface area contributed by atoms with E-state index in [4.69, 9.17) is 0 Å². The molecule has 35 heavy (non-hydrogen) atoms. The van der Waals surface area contributed by atoms with Crippen molar-refractivity contribution in [3.05, 3.63) is 41.8 Å². The smallest absolute Gasteiger partial charge is 0.404 e. The van der Waals surface area contributed by atoms with Crippen LogP contribution in [-0.4, -0.2) is 36.8 Å². The molecule has 0 spiro atoms. The third kappa shape index (κ3) is 5.20. The molecule has 0 aliphatic rings. The van der Waals surface area contributed by atoms with Crippen LogP contribution in [0.3, 0.4) is 0 Å². The van der Waals surface area contributed by atoms with Gasteiger partial charge in [0.15, 0.2) is 0 Å². The second-order valence-corrected chi connectivity index (χ2v) is 9.45. The molecule has 0 radical (unpaired) electrons. The summed E-state index contributed by atoms with van der Waals surface area (Å²) in [6.07, 6.45) is -4.01. The Hall–Kier alpha value is -3.31. The fraction of sp³-hybridized carbons (Fsp3) is 0.333. The Kier molecular flexibility index (Phi) is 7.05. The first-order valence-electron chi connectivity index (χ1n) is 9.95. The standard InChI is InChI=1S/C21H18F6N4O3S/c1-10(2)31-17-7-12(34-20(23)24)6-15(22)18(17)14(8-28)19(31)16-5-4-13(9-29-16)35(32,33)30-11(3)21(25,26)27/h4-7,9-11,20,30H,1-3H3/t11-/m0/s1. The molecule has 1 aromatic carbocycles. The van der Waals surface area contributed by atoms with Crippen molar-refractivity contribution in [2.45, 2.75) is 50.5 Å². The Morgan fingerprint density at radius 3 is 2.31 bits per heavy atom. The highest BCUT2D eigenvalue weighted by atomic mass is 32.2. The zero-order chi connectivity index (χ0) is 26.3. The molecule has 0 saturated heterocycles. The van der Waals surface area contributed by atoms with E-state index in [1.54, 1.807) is 13.8 Å². The topological polar surface area (TPSA) is 97.0 Å². The van der Waals surface area contributed by atoms with Crippen LogP contribution in [0.25, 0.3) is 22.3 Å². The average Bonchev–Trinajstić information content (AvgIpc) is 3.07. The maximum Gasteiger partial charge on any atom is 0.404 e. The molecule has 1 atom stereocenters. The fourth-order valence-electron chi connectivity index (χ4n) is 3.48. The number of fused-ring (bicyclic) bond motifs is 1. The number of ether oxygens (including phenoxy) is 1. The Labute approximate surface area is 196 Å². The van der Waals surface area contributed by atoms with Gasteiger partial charge in [-0.2, -0.15) is 31.9 Å². The summed E-state index contributed by atoms with van der Waals surface area (Å²) >= 11 is 0. The van der Waals surface area contributed by atoms with Crippen LogP contribution >= 0.6 is 0 Å². The molecule has 3 rings (SSSR count). The number of rotatable bonds is 7. The summed E-state index contributed by atoms with van der Waals surface area (Å²) in [6, 6.07) is 3.03. The lowest BCUT2D eigenvalue weighted by Crippen LogP contribution is -2.42. The van der Waals surface area contributed by atoms with Crippen molar-refractivity contribution in [3.63, 3.8) is 0 Å². The number of nitriles is 1. The molecule has 0 amide bonds. The lowest BCUT2D eigenvalue weighted by atomic mass is 10.1. The van der Waals surface area contributed by atoms with Crippen LogP contribution in [0.15, 0.2) is 35.4 Å². The summed E-state index contributed by atoms with van der Waals surface area (Å²) in [7, 11) is -4.58. The lowest BCUT2D eigenvalue weighted by molar-refractivity contribution is -0.147. The van der Waals surface area contributed by atoms with Crippen molar-refractivity contribution in [1.82, 2.24) is 14.3 Å². The van der Waals surface area contributed by atoms with Gasteiger partial charge in [0.05, 0.1) is 27.9 Å². The van der Waals surface area contributed by atoms with Crippen LogP contribution in [0, 0.1) is 17.1 Å². The second kappa shape index (κ2) is 9.38. The number of benzene rings is 1. The SMILES string of the molecule is CC(C)n1c(-c2ccc(S(=O)(=O)N[C@@H](C)C(F)(F)F)cn2)c(C#N)c2c(F)cc(OC(F)F)cc21. The Morgan fingerprint density at radius 2 is 1.83 bits per heavy atom. The number of sulfonamides is 1. The van der Waals surface area contributed by atoms with E-state index in [1.165, 1.54) is 9.29 Å². The number of alkyl halides is 5. The first-order chi connectivity index (χ1) is 16.2. The fourth-order valence-corrected chi connectivity index (χ4v) is 4.65. The first kappa shape index (κ1) is 26.3. The number of pyridine rings is 1. The van der Waals surface area contributed by atoms with Crippen LogP contribution in [0.5, 0.6) is 5.75 Å². The molecule has 0 unspecified atom stereocenters. The average molecular weight is 520 g/mol. The third-order valence-corrected chi connectivity index (χ3v) is 6.52. The van der Waals surface area contributed by atoms with Crippen molar-refractivity contribution < 1.29 is 39.5 Å². The van der Waals surface area contributed by atoms with Gasteiger partial charge in [-0.25, -0.2) is 12.8 Å². The summed E-state index contributed by atoms with van der Waals surface area (Å²) in [4.78, 5) is 3.42. The molecular formula is C21H18F6N4O3S. The largest absolute Gasteiger partial charge is 0.435 e. The summed E-state index contributed by atoms with van der Waals surface area (Å²) in [6.45, 7) is 0.766. The molecule has 14 heteroatoms. The molecule has 188 valence electrons. The number of nitrogens with one attached hydrogen (secondary N) is 1. The highest BCUT2D eigenvalue weighted by Crippen LogP contribution is 2.39. The highest BCUT2D eigenvalue weighted by molar-refractivity contribution is 7.89. The van der Waals surface area contributed by atoms with E-state index in [0.717, 1.165) is 24.4 Å². The number of hydrogen-bond donors (Lipinski definition) is 1. The second-order valence-electron chi connectivity index (χ2n) is 7.74. The Morgan fingerprint density at radius 1 is 1.17 bits per heavy atom. The first-order valence-corrected chi connectivity index (χ1v) is 11.4. The monoisotopic (exact) mass is 520 g/mol. The van der Waals surface area contributed by atoms with E-state index < -0.39 is 51.4 Å². The molecule has 1 N–H and O–H groups in total. The minimum atomic E-state index is -4.81. The summed E-state index contributed by atoms with van der Waals surface area (Å²) in [5.41, 5.74) is -0.0701. The summed E-state index contributed by atoms with van der Waals surface area (Å²) in [5.74, 6) is -1.47. The van der Waals surface area contributed by atoms with Gasteiger partial charge in [-0.1, -0.05) is 0 Å². The van der Waals surface area contributed by atoms with Gasteiger partial charge in [-0.15, -0.1) is 0 Å². The van der Waals surface area contributed by atoms with E-state index in [2.05, 4.69) is 9.72 Å². The number of halogens is 6. The Balaban J connectivity index is 2.17. The Bertz CT molecular complexity index is 1390. The maximum atomic E-state index is 14.9. The van der Waals surface area contributed by atoms with Crippen molar-refractivity contribution >= 4 is 20.9 Å². The van der Waals surface area contributed by atoms with E-state index >= 15 is 0 Å². The normalized spacial score (nSPS) is 13.4. The molecule has 0 aliphatic heterocycles. The number of aromatic nitrogens is 2. The van der Waals surface area contributed by atoms with Crippen molar-refractivity contribution in [2.24, 2.45) is 0 Å². The predicted molar refractivity (Wildman–Crippen MR) is 113 cm³/mol. The van der Waals surface area contributed by atoms with E-state index in [9.17, 15) is 40.0 Å². The molecule has 0 fully saturated rings. The lowest BCUT2D eigenvalue weighted by Gasteiger charge is -2.17. The molecule has 0 saturated carbocycles. The van der Waals surface area contributed by atoms with E-state index in [0.29, 0.717) is 13.0 Å². The van der Waals surface area contributed by atoms with Crippen molar-refractivity contribution in [3.8, 4) is 23.2 Å². The van der Waals surface area contributed by atoms with Gasteiger partial charge in [0, 0.05) is 24.4 Å². The van der Waals surface area contributed by atoms with Crippen LogP contribution < -0.4 is 9.46 Å². The van der Waals surface area contributed by atoms with Gasteiger partial charge in [-0.3, -0.25) is 4.98 Å². The zero-order valence-electron chi connectivity index (χ0n) is 18.4. The van der Waals surface area contributed by atoms with Crippen molar-refractivity contribution in [1.29, 1.82) is 5.26 Å². The quantitative estimate of drug-likeness (QED) is 0.436. The van der Waals surface area contributed by atoms with Gasteiger partial charge < -0.3 is 9.30 Å². The van der Waals surface area contributed by atoms with Crippen LogP contribution in [0.1, 0.15) is 32.4 Å². The predicted octanol–water partition coefficient (Wildman–Crippen LogP) is 5.13. The number of hydrogen-bond acceptors (Lipinski definition) is 5. The molecule has 0 aliphatic carbocycles. The zero-order valence-corrected chi connectivity index (χ0v) is 19.2. The maximum absolute atomic E-state index is 14.9. The molecule has 7 nitrogen and oxygen atoms in total. The third-order valence-electron chi connectivity index (χ3n) is 5.00. The minimum Gasteiger partial charge on any atom is -0.435 e. The summed E-state index contributed by atoms with van der Waals surface area (Å²) in [5, 5.41) is 9.57. The molecule has 2 aromatic heterocycles. The van der Waals surface area contributed by atoms with Gasteiger partial charge in [-0.05, 0) is 32.9 Å².